The summed E-state index contributed by atoms with van der Waals surface area (Å²) in [4.78, 5) is 4.33. The second-order valence-electron chi connectivity index (χ2n) is 4.38. The van der Waals surface area contributed by atoms with E-state index in [0.29, 0.717) is 5.75 Å². The number of nitrogens with zero attached hydrogens (tertiary/aromatic N) is 2. The highest BCUT2D eigenvalue weighted by atomic mass is 28.3. The molecule has 0 atom stereocenters. The minimum atomic E-state index is -1.67. The summed E-state index contributed by atoms with van der Waals surface area (Å²) in [6, 6.07) is 5.75. The van der Waals surface area contributed by atoms with Gasteiger partial charge in [0.1, 0.15) is 11.6 Å². The smallest absolute Gasteiger partial charge is 0.189 e. The number of phenolic OH excluding ortho intramolecular Hbond substituents is 1. The molecule has 3 nitrogen and oxygen atoms in total. The Hall–Kier alpha value is -1.55. The van der Waals surface area contributed by atoms with Crippen LogP contribution in [0.15, 0.2) is 30.6 Å². The van der Waals surface area contributed by atoms with E-state index in [0.717, 1.165) is 11.4 Å². The molecule has 1 aliphatic rings. The predicted octanol–water partition coefficient (Wildman–Crippen LogP) is 1.53. The maximum Gasteiger partial charge on any atom is 0.189 e. The van der Waals surface area contributed by atoms with Crippen molar-refractivity contribution >= 4 is 13.4 Å². The van der Waals surface area contributed by atoms with Gasteiger partial charge in [-0.1, -0.05) is 12.1 Å². The average molecular weight is 216 g/mol. The molecule has 0 saturated heterocycles. The van der Waals surface area contributed by atoms with Gasteiger partial charge in [0, 0.05) is 12.4 Å². The van der Waals surface area contributed by atoms with Crippen LogP contribution in [0.5, 0.6) is 5.75 Å². The first kappa shape index (κ1) is 8.73. The summed E-state index contributed by atoms with van der Waals surface area (Å²) in [5, 5.41) is 11.2. The van der Waals surface area contributed by atoms with E-state index in [-0.39, 0.29) is 0 Å². The molecule has 0 unspecified atom stereocenters. The van der Waals surface area contributed by atoms with Crippen LogP contribution in [0.25, 0.3) is 11.4 Å². The molecule has 2 heterocycles. The van der Waals surface area contributed by atoms with Crippen molar-refractivity contribution in [3.8, 4) is 17.1 Å². The molecule has 1 N–H and O–H groups in total. The first-order chi connectivity index (χ1) is 7.12. The van der Waals surface area contributed by atoms with E-state index in [1.165, 1.54) is 5.19 Å². The molecule has 1 aliphatic heterocycles. The Morgan fingerprint density at radius 1 is 1.33 bits per heavy atom. The molecule has 0 aliphatic carbocycles. The van der Waals surface area contributed by atoms with Crippen molar-refractivity contribution < 1.29 is 5.11 Å². The third-order valence-electron chi connectivity index (χ3n) is 3.17. The minimum Gasteiger partial charge on any atom is -0.507 e. The molecule has 0 amide bonds. The van der Waals surface area contributed by atoms with Crippen LogP contribution >= 0.6 is 0 Å². The van der Waals surface area contributed by atoms with Gasteiger partial charge in [0.25, 0.3) is 0 Å². The number of hydrogen-bond acceptors (Lipinski definition) is 2. The zero-order valence-electron chi connectivity index (χ0n) is 8.73. The van der Waals surface area contributed by atoms with Gasteiger partial charge in [0.2, 0.25) is 0 Å². The van der Waals surface area contributed by atoms with Gasteiger partial charge in [0.15, 0.2) is 8.24 Å². The summed E-state index contributed by atoms with van der Waals surface area (Å²) in [5.41, 5.74) is 0.930. The first-order valence-corrected chi connectivity index (χ1v) is 7.94. The highest BCUT2D eigenvalue weighted by molar-refractivity contribution is 6.91. The monoisotopic (exact) mass is 216 g/mol. The van der Waals surface area contributed by atoms with Gasteiger partial charge in [-0.05, 0) is 24.3 Å². The number of fused-ring (bicyclic) bond motifs is 3. The predicted molar refractivity (Wildman–Crippen MR) is 61.8 cm³/mol. The molecule has 2 aromatic rings. The number of phenols is 1. The average Bonchev–Trinajstić information content (AvgIpc) is 2.72. The standard InChI is InChI=1S/C11H12N2OSi/c1-15(2)9-5-3-4-8(14)10(9)11-12-6-7-13(11)15/h3-7,14H,1-2H3. The van der Waals surface area contributed by atoms with E-state index in [1.807, 2.05) is 12.3 Å². The first-order valence-electron chi connectivity index (χ1n) is 4.99. The van der Waals surface area contributed by atoms with E-state index < -0.39 is 8.24 Å². The molecule has 0 fully saturated rings. The molecule has 76 valence electrons. The maximum absolute atomic E-state index is 9.90. The Bertz CT molecular complexity index is 545. The Morgan fingerprint density at radius 2 is 2.13 bits per heavy atom. The molecule has 0 spiro atoms. The van der Waals surface area contributed by atoms with Crippen LogP contribution in [0, 0.1) is 0 Å². The van der Waals surface area contributed by atoms with Crippen LogP contribution in [0.3, 0.4) is 0 Å². The number of aromatic hydroxyl groups is 1. The molecule has 0 saturated carbocycles. The lowest BCUT2D eigenvalue weighted by atomic mass is 10.2. The Kier molecular flexibility index (Phi) is 1.47. The molecular weight excluding hydrogens is 204 g/mol. The lowest BCUT2D eigenvalue weighted by Crippen LogP contribution is -2.45. The lowest BCUT2D eigenvalue weighted by Gasteiger charge is -2.19. The van der Waals surface area contributed by atoms with Crippen LogP contribution in [-0.2, 0) is 0 Å². The van der Waals surface area contributed by atoms with Gasteiger partial charge < -0.3 is 9.34 Å². The molecule has 0 radical (unpaired) electrons. The third-order valence-corrected chi connectivity index (χ3v) is 6.47. The van der Waals surface area contributed by atoms with Crippen molar-refractivity contribution in [1.82, 2.24) is 9.22 Å². The van der Waals surface area contributed by atoms with Gasteiger partial charge in [-0.15, -0.1) is 0 Å². The van der Waals surface area contributed by atoms with Crippen LogP contribution in [0.4, 0.5) is 0 Å². The van der Waals surface area contributed by atoms with Gasteiger partial charge >= 0.3 is 0 Å². The number of rotatable bonds is 0. The summed E-state index contributed by atoms with van der Waals surface area (Å²) in [5.74, 6) is 1.26. The minimum absolute atomic E-state index is 0.345. The highest BCUT2D eigenvalue weighted by Crippen LogP contribution is 2.34. The zero-order chi connectivity index (χ0) is 10.6. The Labute approximate surface area is 89.1 Å². The van der Waals surface area contributed by atoms with Crippen LogP contribution in [0.1, 0.15) is 0 Å². The van der Waals surface area contributed by atoms with E-state index in [2.05, 4.69) is 28.4 Å². The van der Waals surface area contributed by atoms with Crippen molar-refractivity contribution in [2.45, 2.75) is 13.1 Å². The number of hydrogen-bond donors (Lipinski definition) is 1. The van der Waals surface area contributed by atoms with Crippen molar-refractivity contribution in [2.75, 3.05) is 0 Å². The van der Waals surface area contributed by atoms with E-state index in [1.54, 1.807) is 12.3 Å². The topological polar surface area (TPSA) is 38.1 Å². The van der Waals surface area contributed by atoms with Gasteiger partial charge in [-0.25, -0.2) is 4.98 Å². The third kappa shape index (κ3) is 0.919. The van der Waals surface area contributed by atoms with Crippen molar-refractivity contribution in [3.05, 3.63) is 30.6 Å². The fourth-order valence-corrected chi connectivity index (χ4v) is 5.11. The second kappa shape index (κ2) is 2.52. The summed E-state index contributed by atoms with van der Waals surface area (Å²) in [6.07, 6.45) is 3.82. The van der Waals surface area contributed by atoms with E-state index in [9.17, 15) is 5.11 Å². The number of aromatic nitrogens is 2. The fourth-order valence-electron chi connectivity index (χ4n) is 2.35. The SMILES string of the molecule is C[Si]1(C)c2cccc(O)c2-c2nccn21. The van der Waals surface area contributed by atoms with Gasteiger partial charge in [-0.2, -0.15) is 0 Å². The number of imidazole rings is 1. The Morgan fingerprint density at radius 3 is 2.93 bits per heavy atom. The summed E-state index contributed by atoms with van der Waals surface area (Å²) >= 11 is 0. The normalized spacial score (nSPS) is 16.1. The molecule has 1 aromatic carbocycles. The number of benzene rings is 1. The zero-order valence-corrected chi connectivity index (χ0v) is 9.73. The molecule has 15 heavy (non-hydrogen) atoms. The molecular formula is C11H12N2OSi. The van der Waals surface area contributed by atoms with E-state index >= 15 is 0 Å². The molecule has 3 rings (SSSR count). The fraction of sp³-hybridized carbons (Fsp3) is 0.182. The molecule has 0 bridgehead atoms. The maximum atomic E-state index is 9.90. The largest absolute Gasteiger partial charge is 0.507 e. The van der Waals surface area contributed by atoms with Crippen LogP contribution < -0.4 is 5.19 Å². The summed E-state index contributed by atoms with van der Waals surface area (Å²) in [7, 11) is -1.67. The highest BCUT2D eigenvalue weighted by Gasteiger charge is 2.39. The van der Waals surface area contributed by atoms with Crippen LogP contribution in [-0.4, -0.2) is 22.6 Å². The second-order valence-corrected chi connectivity index (χ2v) is 8.52. The van der Waals surface area contributed by atoms with Crippen molar-refractivity contribution in [1.29, 1.82) is 0 Å². The quantitative estimate of drug-likeness (QED) is 0.678. The lowest BCUT2D eigenvalue weighted by molar-refractivity contribution is 0.477. The van der Waals surface area contributed by atoms with E-state index in [4.69, 9.17) is 0 Å². The summed E-state index contributed by atoms with van der Waals surface area (Å²) < 4.78 is 2.23. The van der Waals surface area contributed by atoms with Gasteiger partial charge in [0.05, 0.1) is 5.56 Å². The Balaban J connectivity index is 2.45. The van der Waals surface area contributed by atoms with Gasteiger partial charge in [-0.3, -0.25) is 0 Å². The molecule has 4 heteroatoms. The van der Waals surface area contributed by atoms with Crippen molar-refractivity contribution in [2.24, 2.45) is 0 Å². The molecule has 1 aromatic heterocycles. The van der Waals surface area contributed by atoms with Crippen LogP contribution in [0.2, 0.25) is 13.1 Å². The summed E-state index contributed by atoms with van der Waals surface area (Å²) in [6.45, 7) is 4.53. The van der Waals surface area contributed by atoms with Crippen molar-refractivity contribution in [3.63, 3.8) is 0 Å².